The molecule has 2 heteroatoms. The molecule has 0 heterocycles. The molecule has 0 aromatic heterocycles. The van der Waals surface area contributed by atoms with Crippen molar-refractivity contribution in [2.75, 3.05) is 0 Å². The second-order valence-corrected chi connectivity index (χ2v) is 4.28. The van der Waals surface area contributed by atoms with E-state index >= 15 is 0 Å². The lowest BCUT2D eigenvalue weighted by atomic mass is 10.1. The van der Waals surface area contributed by atoms with Crippen LogP contribution in [0.15, 0.2) is 0 Å². The van der Waals surface area contributed by atoms with Gasteiger partial charge in [-0.1, -0.05) is 12.8 Å². The molecule has 1 aliphatic rings. The Balaban J connectivity index is 2.10. The Morgan fingerprint density at radius 2 is 1.92 bits per heavy atom. The summed E-state index contributed by atoms with van der Waals surface area (Å²) in [5.41, 5.74) is 0. The minimum Gasteiger partial charge on any atom is -0.392 e. The van der Waals surface area contributed by atoms with Crippen LogP contribution >= 0.6 is 0 Å². The van der Waals surface area contributed by atoms with Gasteiger partial charge in [0.15, 0.2) is 0 Å². The van der Waals surface area contributed by atoms with Gasteiger partial charge in [-0.3, -0.25) is 0 Å². The Morgan fingerprint density at radius 3 is 2.33 bits per heavy atom. The first-order chi connectivity index (χ1) is 5.59. The number of rotatable bonds is 5. The number of hydrogen-bond donors (Lipinski definition) is 2. The maximum absolute atomic E-state index is 9.26. The van der Waals surface area contributed by atoms with Gasteiger partial charge in [0.2, 0.25) is 0 Å². The predicted molar refractivity (Wildman–Crippen MR) is 51.1 cm³/mol. The molecule has 72 valence electrons. The number of hydrogen-bond acceptors (Lipinski definition) is 2. The minimum atomic E-state index is -0.244. The lowest BCUT2D eigenvalue weighted by Crippen LogP contribution is -2.41. The van der Waals surface area contributed by atoms with Gasteiger partial charge in [0.05, 0.1) is 6.10 Å². The fourth-order valence-electron chi connectivity index (χ4n) is 1.51. The summed E-state index contributed by atoms with van der Waals surface area (Å²) in [6.07, 6.45) is 3.85. The molecule has 1 rings (SSSR count). The van der Waals surface area contributed by atoms with Gasteiger partial charge in [0.1, 0.15) is 0 Å². The summed E-state index contributed by atoms with van der Waals surface area (Å²) in [4.78, 5) is 0. The predicted octanol–water partition coefficient (Wildman–Crippen LogP) is 1.53. The average Bonchev–Trinajstić information content (AvgIpc) is 2.71. The van der Waals surface area contributed by atoms with Crippen molar-refractivity contribution in [3.05, 3.63) is 0 Å². The number of aliphatic hydroxyl groups is 1. The summed E-state index contributed by atoms with van der Waals surface area (Å²) in [6, 6.07) is 0.779. The van der Waals surface area contributed by atoms with E-state index in [0.29, 0.717) is 6.04 Å². The largest absolute Gasteiger partial charge is 0.392 e. The van der Waals surface area contributed by atoms with Crippen LogP contribution in [0.25, 0.3) is 0 Å². The van der Waals surface area contributed by atoms with Crippen LogP contribution < -0.4 is 5.32 Å². The summed E-state index contributed by atoms with van der Waals surface area (Å²) in [5, 5.41) is 12.7. The summed E-state index contributed by atoms with van der Waals surface area (Å²) in [6.45, 7) is 6.08. The second kappa shape index (κ2) is 4.24. The van der Waals surface area contributed by atoms with E-state index in [9.17, 15) is 5.11 Å². The highest BCUT2D eigenvalue weighted by Gasteiger charge is 2.24. The van der Waals surface area contributed by atoms with Crippen molar-refractivity contribution in [2.45, 2.75) is 58.2 Å². The molecule has 3 atom stereocenters. The van der Waals surface area contributed by atoms with Crippen molar-refractivity contribution >= 4 is 0 Å². The van der Waals surface area contributed by atoms with E-state index < -0.39 is 0 Å². The van der Waals surface area contributed by atoms with Gasteiger partial charge in [-0.2, -0.15) is 0 Å². The van der Waals surface area contributed by atoms with E-state index in [4.69, 9.17) is 0 Å². The van der Waals surface area contributed by atoms with Crippen molar-refractivity contribution in [2.24, 2.45) is 5.92 Å². The highest BCUT2D eigenvalue weighted by atomic mass is 16.3. The minimum absolute atomic E-state index is 0.221. The molecule has 0 aromatic rings. The first-order valence-electron chi connectivity index (χ1n) is 5.03. The Bertz CT molecular complexity index is 132. The van der Waals surface area contributed by atoms with Crippen LogP contribution in [-0.4, -0.2) is 23.3 Å². The SMILES string of the molecule is CC(CC1CC1)NC(C)C(C)O. The zero-order valence-corrected chi connectivity index (χ0v) is 8.38. The molecular formula is C10H21NO. The molecule has 3 unspecified atom stereocenters. The fraction of sp³-hybridized carbons (Fsp3) is 1.00. The van der Waals surface area contributed by atoms with Gasteiger partial charge < -0.3 is 10.4 Å². The van der Waals surface area contributed by atoms with Gasteiger partial charge in [-0.05, 0) is 33.1 Å². The van der Waals surface area contributed by atoms with E-state index in [1.165, 1.54) is 19.3 Å². The lowest BCUT2D eigenvalue weighted by Gasteiger charge is -2.21. The second-order valence-electron chi connectivity index (χ2n) is 4.28. The topological polar surface area (TPSA) is 32.3 Å². The van der Waals surface area contributed by atoms with E-state index in [2.05, 4.69) is 12.2 Å². The average molecular weight is 171 g/mol. The van der Waals surface area contributed by atoms with Crippen LogP contribution in [0.4, 0.5) is 0 Å². The van der Waals surface area contributed by atoms with Gasteiger partial charge >= 0.3 is 0 Å². The van der Waals surface area contributed by atoms with Crippen LogP contribution in [0.1, 0.15) is 40.0 Å². The van der Waals surface area contributed by atoms with Crippen molar-refractivity contribution in [3.8, 4) is 0 Å². The van der Waals surface area contributed by atoms with Crippen LogP contribution in [0.3, 0.4) is 0 Å². The van der Waals surface area contributed by atoms with E-state index in [1.807, 2.05) is 13.8 Å². The van der Waals surface area contributed by atoms with Crippen molar-refractivity contribution in [3.63, 3.8) is 0 Å². The molecule has 0 amide bonds. The van der Waals surface area contributed by atoms with Crippen LogP contribution in [-0.2, 0) is 0 Å². The molecular weight excluding hydrogens is 150 g/mol. The maximum Gasteiger partial charge on any atom is 0.0662 e. The van der Waals surface area contributed by atoms with E-state index in [0.717, 1.165) is 5.92 Å². The van der Waals surface area contributed by atoms with Crippen LogP contribution in [0.5, 0.6) is 0 Å². The molecule has 0 aromatic carbocycles. The van der Waals surface area contributed by atoms with Crippen molar-refractivity contribution in [1.82, 2.24) is 5.32 Å². The first kappa shape index (κ1) is 10.0. The molecule has 0 spiro atoms. The Morgan fingerprint density at radius 1 is 1.33 bits per heavy atom. The Kier molecular flexibility index (Phi) is 3.53. The fourth-order valence-corrected chi connectivity index (χ4v) is 1.51. The Hall–Kier alpha value is -0.0800. The summed E-state index contributed by atoms with van der Waals surface area (Å²) < 4.78 is 0. The molecule has 0 radical (unpaired) electrons. The smallest absolute Gasteiger partial charge is 0.0662 e. The Labute approximate surface area is 75.4 Å². The first-order valence-corrected chi connectivity index (χ1v) is 5.03. The molecule has 1 fully saturated rings. The highest BCUT2D eigenvalue weighted by Crippen LogP contribution is 2.33. The molecule has 1 saturated carbocycles. The molecule has 2 nitrogen and oxygen atoms in total. The molecule has 0 aliphatic heterocycles. The molecule has 0 bridgehead atoms. The van der Waals surface area contributed by atoms with Crippen LogP contribution in [0.2, 0.25) is 0 Å². The van der Waals surface area contributed by atoms with Gasteiger partial charge in [0.25, 0.3) is 0 Å². The zero-order valence-electron chi connectivity index (χ0n) is 8.38. The molecule has 1 aliphatic carbocycles. The van der Waals surface area contributed by atoms with E-state index in [1.54, 1.807) is 0 Å². The van der Waals surface area contributed by atoms with Gasteiger partial charge in [0, 0.05) is 12.1 Å². The van der Waals surface area contributed by atoms with Gasteiger partial charge in [-0.25, -0.2) is 0 Å². The van der Waals surface area contributed by atoms with Crippen molar-refractivity contribution in [1.29, 1.82) is 0 Å². The standard InChI is InChI=1S/C10H21NO/c1-7(6-10-4-5-10)11-8(2)9(3)12/h7-12H,4-6H2,1-3H3. The quantitative estimate of drug-likeness (QED) is 0.657. The van der Waals surface area contributed by atoms with Gasteiger partial charge in [-0.15, -0.1) is 0 Å². The lowest BCUT2D eigenvalue weighted by molar-refractivity contribution is 0.145. The van der Waals surface area contributed by atoms with Crippen LogP contribution in [0, 0.1) is 5.92 Å². The summed E-state index contributed by atoms with van der Waals surface area (Å²) >= 11 is 0. The third-order valence-corrected chi connectivity index (χ3v) is 2.65. The molecule has 2 N–H and O–H groups in total. The van der Waals surface area contributed by atoms with E-state index in [-0.39, 0.29) is 12.1 Å². The summed E-state index contributed by atoms with van der Waals surface area (Å²) in [7, 11) is 0. The maximum atomic E-state index is 9.26. The molecule has 12 heavy (non-hydrogen) atoms. The monoisotopic (exact) mass is 171 g/mol. The number of aliphatic hydroxyl groups excluding tert-OH is 1. The third-order valence-electron chi connectivity index (χ3n) is 2.65. The zero-order chi connectivity index (χ0) is 9.14. The molecule has 0 saturated heterocycles. The normalized spacial score (nSPS) is 25.0. The van der Waals surface area contributed by atoms with Crippen molar-refractivity contribution < 1.29 is 5.11 Å². The number of nitrogens with one attached hydrogen (secondary N) is 1. The summed E-state index contributed by atoms with van der Waals surface area (Å²) in [5.74, 6) is 0.966. The highest BCUT2D eigenvalue weighted by molar-refractivity contribution is 4.80. The third kappa shape index (κ3) is 3.55.